The molecule has 0 unspecified atom stereocenters. The van der Waals surface area contributed by atoms with Crippen molar-refractivity contribution in [1.82, 2.24) is 4.90 Å². The van der Waals surface area contributed by atoms with Gasteiger partial charge in [0.1, 0.15) is 11.9 Å². The normalized spacial score (nSPS) is 25.3. The molecule has 3 nitrogen and oxygen atoms in total. The van der Waals surface area contributed by atoms with Crippen molar-refractivity contribution in [3.8, 4) is 11.5 Å². The zero-order valence-corrected chi connectivity index (χ0v) is 14.5. The molecular weight excluding hydrogens is 317 g/mol. The van der Waals surface area contributed by atoms with E-state index in [-0.39, 0.29) is 23.1 Å². The first-order valence-electron chi connectivity index (χ1n) is 9.08. The van der Waals surface area contributed by atoms with Crippen molar-refractivity contribution in [2.45, 2.75) is 37.7 Å². The molecule has 0 bridgehead atoms. The lowest BCUT2D eigenvalue weighted by Gasteiger charge is -2.42. The number of hydrogen-bond donors (Lipinski definition) is 1. The van der Waals surface area contributed by atoms with E-state index in [0.717, 1.165) is 50.0 Å². The molecule has 0 radical (unpaired) electrons. The zero-order chi connectivity index (χ0) is 17.4. The van der Waals surface area contributed by atoms with Crippen LogP contribution < -0.4 is 4.74 Å². The summed E-state index contributed by atoms with van der Waals surface area (Å²) >= 11 is 0. The molecule has 25 heavy (non-hydrogen) atoms. The van der Waals surface area contributed by atoms with Crippen molar-refractivity contribution in [3.05, 3.63) is 59.4 Å². The van der Waals surface area contributed by atoms with Gasteiger partial charge in [-0.25, -0.2) is 4.39 Å². The fraction of sp³-hybridized carbons (Fsp3) is 0.429. The zero-order valence-electron chi connectivity index (χ0n) is 14.5. The van der Waals surface area contributed by atoms with E-state index in [4.69, 9.17) is 4.74 Å². The minimum absolute atomic E-state index is 0.0143. The summed E-state index contributed by atoms with van der Waals surface area (Å²) in [6.07, 6.45) is 3.04. The molecular formula is C21H24FNO2. The highest BCUT2D eigenvalue weighted by Crippen LogP contribution is 2.52. The van der Waals surface area contributed by atoms with E-state index in [1.54, 1.807) is 6.07 Å². The molecule has 2 aliphatic rings. The minimum Gasteiger partial charge on any atom is -0.504 e. The average molecular weight is 341 g/mol. The first-order chi connectivity index (χ1) is 12.1. The third kappa shape index (κ3) is 2.78. The molecule has 4 rings (SSSR count). The van der Waals surface area contributed by atoms with Crippen LogP contribution in [-0.2, 0) is 11.8 Å². The van der Waals surface area contributed by atoms with Crippen LogP contribution in [-0.4, -0.2) is 35.7 Å². The van der Waals surface area contributed by atoms with E-state index in [0.29, 0.717) is 5.75 Å². The lowest BCUT2D eigenvalue weighted by molar-refractivity contribution is 0.0401. The largest absolute Gasteiger partial charge is 0.504 e. The van der Waals surface area contributed by atoms with Crippen LogP contribution in [0.2, 0.25) is 0 Å². The van der Waals surface area contributed by atoms with E-state index in [9.17, 15) is 9.50 Å². The van der Waals surface area contributed by atoms with Crippen LogP contribution in [0.4, 0.5) is 4.39 Å². The maximum Gasteiger partial charge on any atom is 0.165 e. The molecule has 2 atom stereocenters. The molecule has 1 saturated heterocycles. The molecule has 2 aliphatic heterocycles. The number of likely N-dealkylation sites (tertiary alicyclic amines) is 1. The Balaban J connectivity index is 1.47. The summed E-state index contributed by atoms with van der Waals surface area (Å²) in [5.74, 6) is 0.735. The lowest BCUT2D eigenvalue weighted by atomic mass is 9.70. The van der Waals surface area contributed by atoms with E-state index >= 15 is 0 Å². The molecule has 4 heteroatoms. The number of fused-ring (bicyclic) bond motifs is 3. The van der Waals surface area contributed by atoms with Crippen molar-refractivity contribution >= 4 is 0 Å². The molecule has 1 fully saturated rings. The number of para-hydroxylation sites is 1. The maximum absolute atomic E-state index is 13.0. The monoisotopic (exact) mass is 341 g/mol. The van der Waals surface area contributed by atoms with Crippen LogP contribution in [0.25, 0.3) is 0 Å². The number of hydrogen-bond acceptors (Lipinski definition) is 3. The fourth-order valence-electron chi connectivity index (χ4n) is 4.40. The molecule has 1 N–H and O–H groups in total. The Kier molecular flexibility index (Phi) is 4.16. The number of halogens is 1. The second kappa shape index (κ2) is 6.34. The Morgan fingerprint density at radius 2 is 2.04 bits per heavy atom. The quantitative estimate of drug-likeness (QED) is 0.916. The summed E-state index contributed by atoms with van der Waals surface area (Å²) in [7, 11) is 0. The standard InChI is InChI=1S/C21H24FNO2/c1-2-21-11-13-23(12-10-15-6-8-16(22)9-7-15)14-19(21)25-20-17(21)4-3-5-18(20)24/h3-9,19,24H,2,10-14H2,1H3/t19-,21-/m0/s1. The van der Waals surface area contributed by atoms with Crippen LogP contribution in [0.15, 0.2) is 42.5 Å². The number of ether oxygens (including phenoxy) is 1. The van der Waals surface area contributed by atoms with Gasteiger partial charge < -0.3 is 9.84 Å². The van der Waals surface area contributed by atoms with Crippen LogP contribution in [0, 0.1) is 5.82 Å². The molecule has 0 amide bonds. The minimum atomic E-state index is -0.189. The summed E-state index contributed by atoms with van der Waals surface area (Å²) in [6, 6.07) is 12.5. The van der Waals surface area contributed by atoms with Crippen LogP contribution in [0.5, 0.6) is 11.5 Å². The highest BCUT2D eigenvalue weighted by atomic mass is 19.1. The first kappa shape index (κ1) is 16.4. The van der Waals surface area contributed by atoms with Crippen LogP contribution >= 0.6 is 0 Å². The summed E-state index contributed by atoms with van der Waals surface area (Å²) in [5, 5.41) is 10.2. The lowest BCUT2D eigenvalue weighted by Crippen LogP contribution is -2.53. The van der Waals surface area contributed by atoms with Crippen molar-refractivity contribution in [2.75, 3.05) is 19.6 Å². The first-order valence-corrected chi connectivity index (χ1v) is 9.08. The van der Waals surface area contributed by atoms with E-state index in [1.807, 2.05) is 18.2 Å². The third-order valence-electron chi connectivity index (χ3n) is 5.97. The number of phenols is 1. The van der Waals surface area contributed by atoms with Crippen molar-refractivity contribution < 1.29 is 14.2 Å². The Morgan fingerprint density at radius 1 is 1.24 bits per heavy atom. The van der Waals surface area contributed by atoms with Gasteiger partial charge in [-0.1, -0.05) is 31.2 Å². The number of piperidine rings is 1. The van der Waals surface area contributed by atoms with Gasteiger partial charge in [0.05, 0.1) is 0 Å². The maximum atomic E-state index is 13.0. The Hall–Kier alpha value is -2.07. The van der Waals surface area contributed by atoms with Crippen molar-refractivity contribution in [1.29, 1.82) is 0 Å². The molecule has 0 aliphatic carbocycles. The fourth-order valence-corrected chi connectivity index (χ4v) is 4.40. The summed E-state index contributed by atoms with van der Waals surface area (Å²) in [4.78, 5) is 2.42. The number of benzene rings is 2. The van der Waals surface area contributed by atoms with Gasteiger partial charge in [-0.05, 0) is 49.6 Å². The van der Waals surface area contributed by atoms with Crippen molar-refractivity contribution in [3.63, 3.8) is 0 Å². The Morgan fingerprint density at radius 3 is 2.80 bits per heavy atom. The predicted octanol–water partition coefficient (Wildman–Crippen LogP) is 3.89. The topological polar surface area (TPSA) is 32.7 Å². The molecule has 2 heterocycles. The van der Waals surface area contributed by atoms with E-state index < -0.39 is 0 Å². The van der Waals surface area contributed by atoms with Gasteiger partial charge in [0.25, 0.3) is 0 Å². The average Bonchev–Trinajstić information content (AvgIpc) is 2.97. The Labute approximate surface area is 148 Å². The third-order valence-corrected chi connectivity index (χ3v) is 5.97. The van der Waals surface area contributed by atoms with Gasteiger partial charge >= 0.3 is 0 Å². The van der Waals surface area contributed by atoms with Gasteiger partial charge in [-0.2, -0.15) is 0 Å². The Bertz CT molecular complexity index is 761. The SMILES string of the molecule is CC[C@@]12CCN(CCc3ccc(F)cc3)C[C@@H]1Oc1c(O)cccc12. The highest BCUT2D eigenvalue weighted by Gasteiger charge is 2.51. The molecule has 132 valence electrons. The van der Waals surface area contributed by atoms with Gasteiger partial charge in [-0.3, -0.25) is 4.90 Å². The predicted molar refractivity (Wildman–Crippen MR) is 95.7 cm³/mol. The number of aromatic hydroxyl groups is 1. The van der Waals surface area contributed by atoms with Crippen LogP contribution in [0.1, 0.15) is 30.9 Å². The number of nitrogens with zero attached hydrogens (tertiary/aromatic N) is 1. The van der Waals surface area contributed by atoms with Gasteiger partial charge in [0.2, 0.25) is 0 Å². The summed E-state index contributed by atoms with van der Waals surface area (Å²) < 4.78 is 19.2. The van der Waals surface area contributed by atoms with Gasteiger partial charge in [0.15, 0.2) is 11.5 Å². The molecule has 0 aromatic heterocycles. The van der Waals surface area contributed by atoms with Gasteiger partial charge in [0, 0.05) is 24.1 Å². The smallest absolute Gasteiger partial charge is 0.165 e. The molecule has 2 aromatic rings. The second-order valence-corrected chi connectivity index (χ2v) is 7.20. The van der Waals surface area contributed by atoms with Crippen LogP contribution in [0.3, 0.4) is 0 Å². The van der Waals surface area contributed by atoms with E-state index in [1.165, 1.54) is 12.1 Å². The number of rotatable bonds is 4. The van der Waals surface area contributed by atoms with Crippen molar-refractivity contribution in [2.24, 2.45) is 0 Å². The second-order valence-electron chi connectivity index (χ2n) is 7.20. The summed E-state index contributed by atoms with van der Waals surface area (Å²) in [5.41, 5.74) is 2.33. The molecule has 0 saturated carbocycles. The summed E-state index contributed by atoms with van der Waals surface area (Å²) in [6.45, 7) is 5.03. The van der Waals surface area contributed by atoms with E-state index in [2.05, 4.69) is 17.9 Å². The highest BCUT2D eigenvalue weighted by molar-refractivity contribution is 5.53. The number of phenolic OH excluding ortho intramolecular Hbond substituents is 1. The van der Waals surface area contributed by atoms with Gasteiger partial charge in [-0.15, -0.1) is 0 Å². The molecule has 0 spiro atoms. The molecule has 2 aromatic carbocycles.